The van der Waals surface area contributed by atoms with E-state index in [1.54, 1.807) is 0 Å². The summed E-state index contributed by atoms with van der Waals surface area (Å²) >= 11 is -4.91. The van der Waals surface area contributed by atoms with Crippen LogP contribution in [0.4, 0.5) is 0 Å². The Morgan fingerprint density at radius 3 is 1.33 bits per heavy atom. The van der Waals surface area contributed by atoms with Crippen molar-refractivity contribution in [1.82, 2.24) is 0 Å². The van der Waals surface area contributed by atoms with E-state index < -0.39 is 32.5 Å². The molecule has 0 aromatic carbocycles. The third kappa shape index (κ3) is 5.68. The van der Waals surface area contributed by atoms with Gasteiger partial charge in [0.25, 0.3) is 0 Å². The molecule has 0 saturated heterocycles. The molecule has 2 unspecified atom stereocenters. The average Bonchev–Trinajstić information content (AvgIpc) is 3.35. The van der Waals surface area contributed by atoms with Crippen molar-refractivity contribution in [2.24, 2.45) is 0 Å². The zero-order chi connectivity index (χ0) is 29.3. The Bertz CT molecular complexity index is 1130. The van der Waals surface area contributed by atoms with Crippen LogP contribution < -0.4 is 0 Å². The van der Waals surface area contributed by atoms with Crippen LogP contribution in [0.2, 0.25) is 43.5 Å². The first kappa shape index (κ1) is 32.2. The monoisotopic (exact) mass is 686 g/mol. The molecule has 0 spiro atoms. The molecule has 0 heterocycles. The average molecular weight is 689 g/mol. The molecule has 39 heavy (non-hydrogen) atoms. The Hall–Kier alpha value is 0.327. The summed E-state index contributed by atoms with van der Waals surface area (Å²) in [5.74, 6) is 2.16. The van der Waals surface area contributed by atoms with Crippen LogP contribution in [0.3, 0.4) is 0 Å². The van der Waals surface area contributed by atoms with E-state index in [2.05, 4.69) is 90.5 Å². The van der Waals surface area contributed by atoms with Gasteiger partial charge in [-0.25, -0.2) is 0 Å². The van der Waals surface area contributed by atoms with E-state index in [0.29, 0.717) is 0 Å². The third-order valence-corrected chi connectivity index (χ3v) is 38.7. The van der Waals surface area contributed by atoms with Crippen LogP contribution >= 0.6 is 17.0 Å². The topological polar surface area (TPSA) is 18.5 Å². The number of allylic oxidation sites excluding steroid dienone is 6. The minimum absolute atomic E-state index is 0.00519. The van der Waals surface area contributed by atoms with Crippen molar-refractivity contribution in [2.45, 2.75) is 143 Å². The van der Waals surface area contributed by atoms with Crippen LogP contribution in [0, 0.1) is 0 Å². The molecule has 0 fully saturated rings. The molecule has 4 aliphatic carbocycles. The summed E-state index contributed by atoms with van der Waals surface area (Å²) in [5, 5.41) is 0.203. The maximum atomic E-state index is 8.35. The summed E-state index contributed by atoms with van der Waals surface area (Å²) in [6, 6.07) is 0. The van der Waals surface area contributed by atoms with E-state index in [1.165, 1.54) is 48.0 Å². The molecular formula is C32H54Cl2O2Si2Zr. The Kier molecular flexibility index (Phi) is 8.68. The Morgan fingerprint density at radius 1 is 0.692 bits per heavy atom. The fraction of sp³-hybridized carbons (Fsp3) is 0.719. The standard InChI is InChI=1S/2C15H25OSi.C2H4.2ClH.Zr/c2*1-15(2,3)17(4,5)16-14-10-12-8-6-7-9-13(12)11-14;1-2;;;/h2*10-11H,6-9H2,1-5H3;1H,2H3;2*1H;/q;;;;;+2/p-2. The molecule has 0 aromatic heterocycles. The molecule has 0 radical (unpaired) electrons. The summed E-state index contributed by atoms with van der Waals surface area (Å²) < 4.78 is 16.7. The quantitative estimate of drug-likeness (QED) is 0.259. The summed E-state index contributed by atoms with van der Waals surface area (Å²) in [4.78, 5) is 0. The van der Waals surface area contributed by atoms with Crippen molar-refractivity contribution < 1.29 is 24.8 Å². The summed E-state index contributed by atoms with van der Waals surface area (Å²) in [7, 11) is 12.5. The van der Waals surface area contributed by atoms with Gasteiger partial charge in [-0.05, 0) is 0 Å². The molecule has 0 amide bonds. The third-order valence-electron chi connectivity index (χ3n) is 11.0. The van der Waals surface area contributed by atoms with Crippen molar-refractivity contribution in [3.63, 3.8) is 0 Å². The number of halogens is 2. The molecule has 0 bridgehead atoms. The van der Waals surface area contributed by atoms with Crippen LogP contribution in [0.1, 0.15) is 99.8 Å². The van der Waals surface area contributed by atoms with Gasteiger partial charge in [0.2, 0.25) is 0 Å². The fourth-order valence-electron chi connectivity index (χ4n) is 6.53. The van der Waals surface area contributed by atoms with E-state index in [0.717, 1.165) is 37.2 Å². The molecule has 0 aromatic rings. The zero-order valence-electron chi connectivity index (χ0n) is 26.6. The Labute approximate surface area is 249 Å². The molecule has 0 aliphatic heterocycles. The first-order chi connectivity index (χ1) is 17.7. The number of hydrogen-bond donors (Lipinski definition) is 0. The van der Waals surface area contributed by atoms with Crippen molar-refractivity contribution >= 4 is 37.4 Å². The molecule has 220 valence electrons. The van der Waals surface area contributed by atoms with Crippen molar-refractivity contribution in [3.8, 4) is 0 Å². The molecule has 0 N–H and O–H groups in total. The normalized spacial score (nSPS) is 25.3. The van der Waals surface area contributed by atoms with Crippen molar-refractivity contribution in [2.75, 3.05) is 0 Å². The van der Waals surface area contributed by atoms with Crippen LogP contribution in [0.25, 0.3) is 0 Å². The summed E-state index contributed by atoms with van der Waals surface area (Å²) in [6.07, 6.45) is 14.0. The molecule has 4 aliphatic rings. The molecule has 2 atom stereocenters. The van der Waals surface area contributed by atoms with Gasteiger partial charge in [-0.3, -0.25) is 0 Å². The zero-order valence-corrected chi connectivity index (χ0v) is 32.6. The van der Waals surface area contributed by atoms with Gasteiger partial charge >= 0.3 is 251 Å². The van der Waals surface area contributed by atoms with Gasteiger partial charge < -0.3 is 0 Å². The molecule has 2 nitrogen and oxygen atoms in total. The van der Waals surface area contributed by atoms with Crippen molar-refractivity contribution in [1.29, 1.82) is 0 Å². The van der Waals surface area contributed by atoms with Gasteiger partial charge in [0.1, 0.15) is 0 Å². The van der Waals surface area contributed by atoms with E-state index >= 15 is 0 Å². The van der Waals surface area contributed by atoms with Crippen LogP contribution in [0.5, 0.6) is 0 Å². The Morgan fingerprint density at radius 2 is 1.03 bits per heavy atom. The van der Waals surface area contributed by atoms with Crippen LogP contribution in [0.15, 0.2) is 46.0 Å². The van der Waals surface area contributed by atoms with E-state index in [-0.39, 0.29) is 17.3 Å². The first-order valence-electron chi connectivity index (χ1n) is 15.4. The second-order valence-electron chi connectivity index (χ2n) is 15.7. The van der Waals surface area contributed by atoms with Gasteiger partial charge in [-0.1, -0.05) is 0 Å². The van der Waals surface area contributed by atoms with Crippen LogP contribution in [-0.2, 0) is 24.8 Å². The number of hydrogen-bond acceptors (Lipinski definition) is 2. The predicted molar refractivity (Wildman–Crippen MR) is 175 cm³/mol. The van der Waals surface area contributed by atoms with Gasteiger partial charge in [0.15, 0.2) is 0 Å². The van der Waals surface area contributed by atoms with Crippen molar-refractivity contribution in [3.05, 3.63) is 46.0 Å². The molecular weight excluding hydrogens is 635 g/mol. The first-order valence-corrected chi connectivity index (χ1v) is 31.8. The number of rotatable bonds is 6. The fourth-order valence-corrected chi connectivity index (χ4v) is 25.6. The molecule has 7 heteroatoms. The second-order valence-corrected chi connectivity index (χ2v) is 46.6. The summed E-state index contributed by atoms with van der Waals surface area (Å²) in [6.45, 7) is 25.5. The maximum absolute atomic E-state index is 8.35. The predicted octanol–water partition coefficient (Wildman–Crippen LogP) is 12.0. The molecule has 4 rings (SSSR count). The summed E-state index contributed by atoms with van der Waals surface area (Å²) in [5.41, 5.74) is 5.88. The SMILES string of the molecule is C[CH]=[Zr]([Cl])([Cl])([CH]1C(O[Si](C)(C)C(C)(C)C)=CC2=C1CCCC2)[CH]1C(O[Si](C)(C)C(C)(C)C)=CC2=C1CCCC2. The minimum atomic E-state index is -4.91. The van der Waals surface area contributed by atoms with Gasteiger partial charge in [0.05, 0.1) is 0 Å². The van der Waals surface area contributed by atoms with Crippen LogP contribution in [-0.4, -0.2) is 20.3 Å². The van der Waals surface area contributed by atoms with E-state index in [4.69, 9.17) is 25.9 Å². The Balaban J connectivity index is 1.90. The van der Waals surface area contributed by atoms with E-state index in [9.17, 15) is 0 Å². The van der Waals surface area contributed by atoms with Gasteiger partial charge in [0, 0.05) is 0 Å². The second kappa shape index (κ2) is 10.5. The van der Waals surface area contributed by atoms with Gasteiger partial charge in [-0.2, -0.15) is 0 Å². The van der Waals surface area contributed by atoms with E-state index in [1.807, 2.05) is 0 Å². The van der Waals surface area contributed by atoms with Gasteiger partial charge in [-0.15, -0.1) is 0 Å². The molecule has 0 saturated carbocycles.